The lowest BCUT2D eigenvalue weighted by Crippen LogP contribution is -2.23. The van der Waals surface area contributed by atoms with E-state index in [9.17, 15) is 4.79 Å². The number of rotatable bonds is 6. The average Bonchev–Trinajstić information content (AvgIpc) is 1.84. The Labute approximate surface area is 74.0 Å². The van der Waals surface area contributed by atoms with Gasteiger partial charge in [-0.3, -0.25) is 4.79 Å². The van der Waals surface area contributed by atoms with Crippen molar-refractivity contribution in [2.24, 2.45) is 11.7 Å². The summed E-state index contributed by atoms with van der Waals surface area (Å²) in [4.78, 5) is 10.3. The third kappa shape index (κ3) is 6.16. The molecule has 3 N–H and O–H groups in total. The van der Waals surface area contributed by atoms with Crippen LogP contribution in [0, 0.1) is 5.92 Å². The Hall–Kier alpha value is -0.570. The quantitative estimate of drug-likeness (QED) is 0.641. The molecular weight excluding hydrogens is 154 g/mol. The van der Waals surface area contributed by atoms with Gasteiger partial charge < -0.3 is 10.8 Å². The maximum absolute atomic E-state index is 10.3. The molecule has 0 aliphatic carbocycles. The number of carbonyl (C=O) groups is 1. The molecule has 0 aliphatic rings. The van der Waals surface area contributed by atoms with Crippen LogP contribution in [0.5, 0.6) is 0 Å². The molecule has 2 atom stereocenters. The van der Waals surface area contributed by atoms with Crippen molar-refractivity contribution in [1.29, 1.82) is 0 Å². The van der Waals surface area contributed by atoms with E-state index in [2.05, 4.69) is 6.92 Å². The number of hydrogen-bond acceptors (Lipinski definition) is 2. The molecule has 12 heavy (non-hydrogen) atoms. The van der Waals surface area contributed by atoms with Crippen molar-refractivity contribution >= 4 is 5.97 Å². The zero-order valence-corrected chi connectivity index (χ0v) is 7.92. The van der Waals surface area contributed by atoms with Crippen LogP contribution in [0.4, 0.5) is 0 Å². The van der Waals surface area contributed by atoms with Crippen LogP contribution in [0.3, 0.4) is 0 Å². The second-order valence-corrected chi connectivity index (χ2v) is 3.49. The van der Waals surface area contributed by atoms with Gasteiger partial charge in [-0.25, -0.2) is 0 Å². The second-order valence-electron chi connectivity index (χ2n) is 3.49. The van der Waals surface area contributed by atoms with Crippen LogP contribution in [-0.2, 0) is 4.79 Å². The second kappa shape index (κ2) is 6.00. The van der Waals surface area contributed by atoms with E-state index < -0.39 is 5.97 Å². The van der Waals surface area contributed by atoms with Gasteiger partial charge in [0, 0.05) is 12.5 Å². The summed E-state index contributed by atoms with van der Waals surface area (Å²) in [6.45, 7) is 4.02. The Balaban J connectivity index is 3.53. The fourth-order valence-electron chi connectivity index (χ4n) is 1.39. The largest absolute Gasteiger partial charge is 0.481 e. The molecule has 0 aromatic carbocycles. The molecule has 3 heteroatoms. The normalized spacial score (nSPS) is 15.6. The van der Waals surface area contributed by atoms with E-state index in [1.54, 1.807) is 0 Å². The summed E-state index contributed by atoms with van der Waals surface area (Å²) in [7, 11) is 0. The Morgan fingerprint density at radius 2 is 2.17 bits per heavy atom. The minimum Gasteiger partial charge on any atom is -0.481 e. The van der Waals surface area contributed by atoms with Crippen molar-refractivity contribution in [2.45, 2.75) is 45.6 Å². The topological polar surface area (TPSA) is 63.3 Å². The summed E-state index contributed by atoms with van der Waals surface area (Å²) >= 11 is 0. The minimum absolute atomic E-state index is 0.171. The first kappa shape index (κ1) is 11.4. The monoisotopic (exact) mass is 173 g/mol. The highest BCUT2D eigenvalue weighted by Crippen LogP contribution is 2.11. The van der Waals surface area contributed by atoms with E-state index in [4.69, 9.17) is 10.8 Å². The molecule has 0 heterocycles. The van der Waals surface area contributed by atoms with Gasteiger partial charge in [0.05, 0.1) is 0 Å². The van der Waals surface area contributed by atoms with Gasteiger partial charge in [0.15, 0.2) is 0 Å². The molecule has 0 spiro atoms. The first-order valence-electron chi connectivity index (χ1n) is 4.53. The molecule has 0 aromatic heterocycles. The van der Waals surface area contributed by atoms with Crippen molar-refractivity contribution in [3.63, 3.8) is 0 Å². The Bertz CT molecular complexity index is 136. The molecule has 0 unspecified atom stereocenters. The minimum atomic E-state index is -0.730. The van der Waals surface area contributed by atoms with E-state index in [1.165, 1.54) is 0 Å². The molecule has 0 saturated carbocycles. The lowest BCUT2D eigenvalue weighted by Gasteiger charge is -2.14. The lowest BCUT2D eigenvalue weighted by molar-refractivity contribution is -0.138. The SMILES string of the molecule is CCC[C@@H](N)C[C@H](C)CC(=O)O. The molecular formula is C9H19NO2. The smallest absolute Gasteiger partial charge is 0.303 e. The molecule has 0 aromatic rings. The maximum atomic E-state index is 10.3. The summed E-state index contributed by atoms with van der Waals surface area (Å²) in [5.74, 6) is -0.532. The van der Waals surface area contributed by atoms with Crippen molar-refractivity contribution in [1.82, 2.24) is 0 Å². The van der Waals surface area contributed by atoms with Crippen LogP contribution < -0.4 is 5.73 Å². The number of aliphatic carboxylic acids is 1. The van der Waals surface area contributed by atoms with Gasteiger partial charge in [-0.05, 0) is 18.8 Å². The summed E-state index contributed by atoms with van der Waals surface area (Å²) in [5, 5.41) is 8.49. The van der Waals surface area contributed by atoms with Crippen molar-refractivity contribution < 1.29 is 9.90 Å². The Kier molecular flexibility index (Phi) is 5.72. The van der Waals surface area contributed by atoms with E-state index in [0.29, 0.717) is 0 Å². The molecule has 0 radical (unpaired) electrons. The fraction of sp³-hybridized carbons (Fsp3) is 0.889. The van der Waals surface area contributed by atoms with E-state index in [-0.39, 0.29) is 18.4 Å². The number of hydrogen-bond donors (Lipinski definition) is 2. The first-order valence-corrected chi connectivity index (χ1v) is 4.53. The zero-order chi connectivity index (χ0) is 9.56. The van der Waals surface area contributed by atoms with E-state index >= 15 is 0 Å². The maximum Gasteiger partial charge on any atom is 0.303 e. The van der Waals surface area contributed by atoms with Crippen molar-refractivity contribution in [2.75, 3.05) is 0 Å². The third-order valence-electron chi connectivity index (χ3n) is 1.89. The van der Waals surface area contributed by atoms with Gasteiger partial charge in [0.2, 0.25) is 0 Å². The molecule has 3 nitrogen and oxygen atoms in total. The highest BCUT2D eigenvalue weighted by molar-refractivity contribution is 5.66. The number of nitrogens with two attached hydrogens (primary N) is 1. The van der Waals surface area contributed by atoms with Crippen LogP contribution in [0.2, 0.25) is 0 Å². The van der Waals surface area contributed by atoms with E-state index in [0.717, 1.165) is 19.3 Å². The molecule has 0 bridgehead atoms. The Morgan fingerprint density at radius 3 is 2.58 bits per heavy atom. The molecule has 0 aliphatic heterocycles. The molecule has 0 fully saturated rings. The number of carboxylic acid groups (broad SMARTS) is 1. The van der Waals surface area contributed by atoms with Crippen molar-refractivity contribution in [3.8, 4) is 0 Å². The van der Waals surface area contributed by atoms with Crippen LogP contribution >= 0.6 is 0 Å². The molecule has 72 valence electrons. The van der Waals surface area contributed by atoms with Gasteiger partial charge in [0.25, 0.3) is 0 Å². The number of carboxylic acids is 1. The first-order chi connectivity index (χ1) is 5.56. The molecule has 0 rings (SSSR count). The highest BCUT2D eigenvalue weighted by Gasteiger charge is 2.11. The fourth-order valence-corrected chi connectivity index (χ4v) is 1.39. The van der Waals surface area contributed by atoms with E-state index in [1.807, 2.05) is 6.92 Å². The summed E-state index contributed by atoms with van der Waals surface area (Å²) < 4.78 is 0. The predicted octanol–water partition coefficient (Wildman–Crippen LogP) is 1.61. The van der Waals surface area contributed by atoms with Crippen LogP contribution in [0.15, 0.2) is 0 Å². The van der Waals surface area contributed by atoms with Gasteiger partial charge in [0.1, 0.15) is 0 Å². The van der Waals surface area contributed by atoms with Gasteiger partial charge in [-0.15, -0.1) is 0 Å². The Morgan fingerprint density at radius 1 is 1.58 bits per heavy atom. The van der Waals surface area contributed by atoms with Crippen LogP contribution in [0.1, 0.15) is 39.5 Å². The van der Waals surface area contributed by atoms with Gasteiger partial charge in [-0.1, -0.05) is 20.3 Å². The van der Waals surface area contributed by atoms with Crippen LogP contribution in [-0.4, -0.2) is 17.1 Å². The highest BCUT2D eigenvalue weighted by atomic mass is 16.4. The molecule has 0 amide bonds. The predicted molar refractivity (Wildman–Crippen MR) is 48.9 cm³/mol. The zero-order valence-electron chi connectivity index (χ0n) is 7.92. The summed E-state index contributed by atoms with van der Waals surface area (Å²) in [5.41, 5.74) is 5.77. The van der Waals surface area contributed by atoms with Gasteiger partial charge in [-0.2, -0.15) is 0 Å². The summed E-state index contributed by atoms with van der Waals surface area (Å²) in [6.07, 6.45) is 3.11. The van der Waals surface area contributed by atoms with Crippen molar-refractivity contribution in [3.05, 3.63) is 0 Å². The van der Waals surface area contributed by atoms with Gasteiger partial charge >= 0.3 is 5.97 Å². The molecule has 0 saturated heterocycles. The third-order valence-corrected chi connectivity index (χ3v) is 1.89. The summed E-state index contributed by atoms with van der Waals surface area (Å²) in [6, 6.07) is 0.171. The van der Waals surface area contributed by atoms with Crippen LogP contribution in [0.25, 0.3) is 0 Å². The standard InChI is InChI=1S/C9H19NO2/c1-3-4-8(10)5-7(2)6-9(11)12/h7-8H,3-6,10H2,1-2H3,(H,11,12)/t7-,8+/m0/s1. The lowest BCUT2D eigenvalue weighted by atomic mass is 9.97. The average molecular weight is 173 g/mol.